The predicted octanol–water partition coefficient (Wildman–Crippen LogP) is 6.39. The average molecular weight is 352 g/mol. The molecule has 2 aromatic rings. The van der Waals surface area contributed by atoms with Gasteiger partial charge in [-0.3, -0.25) is 4.99 Å². The fourth-order valence-electron chi connectivity index (χ4n) is 4.14. The molecule has 0 aliphatic carbocycles. The molecule has 138 valence electrons. The van der Waals surface area contributed by atoms with E-state index in [0.29, 0.717) is 11.6 Å². The number of halogens is 1. The van der Waals surface area contributed by atoms with Crippen LogP contribution in [0.5, 0.6) is 0 Å². The molecule has 0 N–H and O–H groups in total. The lowest BCUT2D eigenvalue weighted by molar-refractivity contribution is 0.376. The third kappa shape index (κ3) is 3.67. The van der Waals surface area contributed by atoms with Crippen LogP contribution >= 0.6 is 0 Å². The van der Waals surface area contributed by atoms with Gasteiger partial charge in [0.1, 0.15) is 5.82 Å². The monoisotopic (exact) mass is 352 g/mol. The number of benzene rings is 2. The minimum Gasteiger partial charge on any atom is -0.366 e. The van der Waals surface area contributed by atoms with Gasteiger partial charge >= 0.3 is 0 Å². The van der Waals surface area contributed by atoms with Crippen molar-refractivity contribution in [2.24, 2.45) is 4.99 Å². The SMILES string of the molecule is CCCN1c2cc(C)c(C=Nc3cccc(F)c3)cc2C(C)CC1(C)C. The Kier molecular flexibility index (Phi) is 5.17. The highest BCUT2D eigenvalue weighted by atomic mass is 19.1. The second-order valence-electron chi connectivity index (χ2n) is 8.07. The van der Waals surface area contributed by atoms with E-state index in [4.69, 9.17) is 0 Å². The molecule has 1 aliphatic heterocycles. The van der Waals surface area contributed by atoms with Gasteiger partial charge in [-0.15, -0.1) is 0 Å². The summed E-state index contributed by atoms with van der Waals surface area (Å²) < 4.78 is 13.4. The number of rotatable bonds is 4. The molecular formula is C23H29FN2. The maximum absolute atomic E-state index is 13.4. The molecule has 1 atom stereocenters. The zero-order valence-corrected chi connectivity index (χ0v) is 16.5. The Bertz CT molecular complexity index is 823. The van der Waals surface area contributed by atoms with E-state index in [-0.39, 0.29) is 11.4 Å². The molecule has 3 rings (SSSR count). The van der Waals surface area contributed by atoms with Crippen LogP contribution in [0.4, 0.5) is 15.8 Å². The smallest absolute Gasteiger partial charge is 0.125 e. The van der Waals surface area contributed by atoms with Crippen LogP contribution in [0.15, 0.2) is 41.4 Å². The molecule has 1 heterocycles. The third-order valence-corrected chi connectivity index (χ3v) is 5.38. The van der Waals surface area contributed by atoms with Crippen LogP contribution < -0.4 is 4.90 Å². The average Bonchev–Trinajstić information content (AvgIpc) is 2.57. The molecule has 2 nitrogen and oxygen atoms in total. The van der Waals surface area contributed by atoms with Crippen LogP contribution in [0.1, 0.15) is 63.1 Å². The molecule has 0 bridgehead atoms. The first kappa shape index (κ1) is 18.6. The highest BCUT2D eigenvalue weighted by molar-refractivity contribution is 5.86. The van der Waals surface area contributed by atoms with Gasteiger partial charge in [0, 0.05) is 24.0 Å². The summed E-state index contributed by atoms with van der Waals surface area (Å²) in [6.45, 7) is 12.4. The van der Waals surface area contributed by atoms with Crippen molar-refractivity contribution in [1.82, 2.24) is 0 Å². The summed E-state index contributed by atoms with van der Waals surface area (Å²) in [7, 11) is 0. The summed E-state index contributed by atoms with van der Waals surface area (Å²) in [4.78, 5) is 7.04. The van der Waals surface area contributed by atoms with Gasteiger partial charge in [-0.25, -0.2) is 4.39 Å². The summed E-state index contributed by atoms with van der Waals surface area (Å²) in [5, 5.41) is 0. The van der Waals surface area contributed by atoms with Crippen LogP contribution in [0.25, 0.3) is 0 Å². The van der Waals surface area contributed by atoms with Crippen molar-refractivity contribution in [1.29, 1.82) is 0 Å². The van der Waals surface area contributed by atoms with Gasteiger partial charge in [-0.1, -0.05) is 19.9 Å². The first-order chi connectivity index (χ1) is 12.3. The van der Waals surface area contributed by atoms with E-state index in [2.05, 4.69) is 56.6 Å². The topological polar surface area (TPSA) is 15.6 Å². The first-order valence-corrected chi connectivity index (χ1v) is 9.53. The van der Waals surface area contributed by atoms with Crippen molar-refractivity contribution in [2.75, 3.05) is 11.4 Å². The van der Waals surface area contributed by atoms with E-state index in [1.165, 1.54) is 28.9 Å². The molecule has 0 saturated carbocycles. The Hall–Kier alpha value is -2.16. The zero-order valence-electron chi connectivity index (χ0n) is 16.5. The highest BCUT2D eigenvalue weighted by Crippen LogP contribution is 2.44. The Labute approximate surface area is 156 Å². The fraction of sp³-hybridized carbons (Fsp3) is 0.435. The summed E-state index contributed by atoms with van der Waals surface area (Å²) >= 11 is 0. The van der Waals surface area contributed by atoms with Crippen molar-refractivity contribution < 1.29 is 4.39 Å². The lowest BCUT2D eigenvalue weighted by Gasteiger charge is -2.48. The number of nitrogens with zero attached hydrogens (tertiary/aromatic N) is 2. The standard InChI is InChI=1S/C23H29FN2/c1-6-10-26-22-11-16(2)18(12-21(22)17(3)14-23(26,4)5)15-25-20-9-7-8-19(24)13-20/h7-9,11-13,15,17H,6,10,14H2,1-5H3. The maximum Gasteiger partial charge on any atom is 0.125 e. The normalized spacial score (nSPS) is 19.0. The highest BCUT2D eigenvalue weighted by Gasteiger charge is 2.36. The molecule has 0 aromatic heterocycles. The van der Waals surface area contributed by atoms with E-state index in [9.17, 15) is 4.39 Å². The summed E-state index contributed by atoms with van der Waals surface area (Å²) in [6, 6.07) is 11.0. The van der Waals surface area contributed by atoms with E-state index in [0.717, 1.165) is 24.9 Å². The zero-order chi connectivity index (χ0) is 18.9. The Morgan fingerprint density at radius 2 is 2.04 bits per heavy atom. The molecule has 0 amide bonds. The molecule has 0 radical (unpaired) electrons. The van der Waals surface area contributed by atoms with Crippen molar-refractivity contribution in [3.05, 3.63) is 58.9 Å². The van der Waals surface area contributed by atoms with E-state index in [1.54, 1.807) is 6.07 Å². The molecule has 3 heteroatoms. The van der Waals surface area contributed by atoms with Gasteiger partial charge < -0.3 is 4.90 Å². The summed E-state index contributed by atoms with van der Waals surface area (Å²) in [5.41, 5.74) is 5.88. The van der Waals surface area contributed by atoms with Crippen molar-refractivity contribution in [2.45, 2.75) is 58.9 Å². The Balaban J connectivity index is 2.00. The molecule has 0 fully saturated rings. The minimum absolute atomic E-state index is 0.173. The number of fused-ring (bicyclic) bond motifs is 1. The van der Waals surface area contributed by atoms with E-state index in [1.807, 2.05) is 12.3 Å². The van der Waals surface area contributed by atoms with E-state index >= 15 is 0 Å². The van der Waals surface area contributed by atoms with Gasteiger partial charge in [0.25, 0.3) is 0 Å². The summed E-state index contributed by atoms with van der Waals surface area (Å²) in [6.07, 6.45) is 4.14. The molecule has 1 aliphatic rings. The predicted molar refractivity (Wildman–Crippen MR) is 110 cm³/mol. The van der Waals surface area contributed by atoms with Gasteiger partial charge in [-0.05, 0) is 86.6 Å². The number of anilines is 1. The lowest BCUT2D eigenvalue weighted by Crippen LogP contribution is -2.48. The molecule has 26 heavy (non-hydrogen) atoms. The van der Waals surface area contributed by atoms with E-state index < -0.39 is 0 Å². The Morgan fingerprint density at radius 1 is 1.27 bits per heavy atom. The molecule has 1 unspecified atom stereocenters. The van der Waals surface area contributed by atoms with Crippen LogP contribution in [0.2, 0.25) is 0 Å². The van der Waals surface area contributed by atoms with Crippen LogP contribution in [-0.4, -0.2) is 18.3 Å². The number of hydrogen-bond acceptors (Lipinski definition) is 2. The third-order valence-electron chi connectivity index (χ3n) is 5.38. The van der Waals surface area contributed by atoms with Gasteiger partial charge in [0.2, 0.25) is 0 Å². The molecule has 0 spiro atoms. The number of aliphatic imine (C=N–C) groups is 1. The Morgan fingerprint density at radius 3 is 2.73 bits per heavy atom. The fourth-order valence-corrected chi connectivity index (χ4v) is 4.14. The van der Waals surface area contributed by atoms with Crippen molar-refractivity contribution >= 4 is 17.6 Å². The second-order valence-corrected chi connectivity index (χ2v) is 8.07. The van der Waals surface area contributed by atoms with Gasteiger partial charge in [0.05, 0.1) is 5.69 Å². The molecular weight excluding hydrogens is 323 g/mol. The summed E-state index contributed by atoms with van der Waals surface area (Å²) in [5.74, 6) is 0.253. The van der Waals surface area contributed by atoms with Gasteiger partial charge in [-0.2, -0.15) is 0 Å². The number of aryl methyl sites for hydroxylation is 1. The van der Waals surface area contributed by atoms with Crippen LogP contribution in [0, 0.1) is 12.7 Å². The van der Waals surface area contributed by atoms with Crippen LogP contribution in [-0.2, 0) is 0 Å². The van der Waals surface area contributed by atoms with Crippen molar-refractivity contribution in [3.63, 3.8) is 0 Å². The lowest BCUT2D eigenvalue weighted by atomic mass is 9.79. The molecule has 0 saturated heterocycles. The largest absolute Gasteiger partial charge is 0.366 e. The second kappa shape index (κ2) is 7.22. The van der Waals surface area contributed by atoms with Crippen LogP contribution in [0.3, 0.4) is 0 Å². The molecule has 2 aromatic carbocycles. The quantitative estimate of drug-likeness (QED) is 0.582. The van der Waals surface area contributed by atoms with Gasteiger partial charge in [0.15, 0.2) is 0 Å². The minimum atomic E-state index is -0.257. The van der Waals surface area contributed by atoms with Crippen molar-refractivity contribution in [3.8, 4) is 0 Å². The first-order valence-electron chi connectivity index (χ1n) is 9.53. The number of hydrogen-bond donors (Lipinski definition) is 0. The maximum atomic E-state index is 13.4.